The van der Waals surface area contributed by atoms with Crippen molar-refractivity contribution in [2.45, 2.75) is 38.5 Å². The lowest BCUT2D eigenvalue weighted by Crippen LogP contribution is -2.44. The van der Waals surface area contributed by atoms with Crippen LogP contribution >= 0.6 is 0 Å². The maximum Gasteiger partial charge on any atom is 0.410 e. The molecule has 1 rings (SSSR count). The number of nitrogens with zero attached hydrogens (tertiary/aromatic N) is 1. The maximum atomic E-state index is 13.8. The summed E-state index contributed by atoms with van der Waals surface area (Å²) in [5.74, 6) is -1.03. The van der Waals surface area contributed by atoms with Crippen LogP contribution in [0.2, 0.25) is 0 Å². The number of hydrogen-bond donors (Lipinski definition) is 1. The predicted octanol–water partition coefficient (Wildman–Crippen LogP) is 0.821. The summed E-state index contributed by atoms with van der Waals surface area (Å²) in [5.41, 5.74) is 2.18. The lowest BCUT2D eigenvalue weighted by Gasteiger charge is -2.24. The average molecular weight is 232 g/mol. The zero-order chi connectivity index (χ0) is 12.6. The van der Waals surface area contributed by atoms with Crippen LogP contribution in [0.1, 0.15) is 27.2 Å². The van der Waals surface area contributed by atoms with Crippen molar-refractivity contribution in [1.82, 2.24) is 4.90 Å². The van der Waals surface area contributed by atoms with Crippen LogP contribution in [0.15, 0.2) is 0 Å². The first kappa shape index (κ1) is 12.7. The number of alkyl halides is 1. The molecule has 6 heteroatoms. The summed E-state index contributed by atoms with van der Waals surface area (Å²) < 4.78 is 18.8. The maximum absolute atomic E-state index is 13.8. The molecule has 5 nitrogen and oxygen atoms in total. The number of carbonyl (C=O) groups is 2. The Balaban J connectivity index is 2.60. The highest BCUT2D eigenvalue weighted by Crippen LogP contribution is 2.26. The fourth-order valence-electron chi connectivity index (χ4n) is 1.46. The normalized spacial score (nSPS) is 25.6. The molecule has 2 N–H and O–H groups in total. The van der Waals surface area contributed by atoms with E-state index < -0.39 is 23.3 Å². The van der Waals surface area contributed by atoms with E-state index >= 15 is 0 Å². The Hall–Kier alpha value is -1.33. The quantitative estimate of drug-likeness (QED) is 0.727. The molecule has 2 amide bonds. The van der Waals surface area contributed by atoms with E-state index in [9.17, 15) is 14.0 Å². The van der Waals surface area contributed by atoms with E-state index in [4.69, 9.17) is 10.5 Å². The first-order valence-electron chi connectivity index (χ1n) is 5.11. The van der Waals surface area contributed by atoms with E-state index in [1.54, 1.807) is 20.8 Å². The zero-order valence-electron chi connectivity index (χ0n) is 9.75. The number of ether oxygens (including phenoxy) is 1. The molecule has 0 bridgehead atoms. The van der Waals surface area contributed by atoms with E-state index in [2.05, 4.69) is 0 Å². The standard InChI is InChI=1S/C10H17FN2O3/c1-9(2,3)16-8(15)13-5-4-10(11,6-13)7(12)14/h4-6H2,1-3H3,(H2,12,14). The Morgan fingerprint density at radius 1 is 1.44 bits per heavy atom. The summed E-state index contributed by atoms with van der Waals surface area (Å²) in [5, 5.41) is 0. The SMILES string of the molecule is CC(C)(C)OC(=O)N1CCC(F)(C(N)=O)C1. The lowest BCUT2D eigenvalue weighted by atomic mass is 10.1. The fourth-order valence-corrected chi connectivity index (χ4v) is 1.46. The Labute approximate surface area is 93.7 Å². The summed E-state index contributed by atoms with van der Waals surface area (Å²) >= 11 is 0. The molecular formula is C10H17FN2O3. The highest BCUT2D eigenvalue weighted by Gasteiger charge is 2.46. The molecule has 1 aliphatic rings. The third kappa shape index (κ3) is 2.84. The van der Waals surface area contributed by atoms with Crippen molar-refractivity contribution in [3.8, 4) is 0 Å². The minimum Gasteiger partial charge on any atom is -0.444 e. The Morgan fingerprint density at radius 3 is 2.38 bits per heavy atom. The van der Waals surface area contributed by atoms with Gasteiger partial charge in [-0.05, 0) is 20.8 Å². The van der Waals surface area contributed by atoms with E-state index in [0.717, 1.165) is 4.90 Å². The molecule has 1 aliphatic heterocycles. The largest absolute Gasteiger partial charge is 0.444 e. The van der Waals surface area contributed by atoms with Gasteiger partial charge in [0.15, 0.2) is 0 Å². The van der Waals surface area contributed by atoms with Gasteiger partial charge in [0, 0.05) is 13.0 Å². The van der Waals surface area contributed by atoms with Crippen LogP contribution in [0.4, 0.5) is 9.18 Å². The molecule has 0 aromatic rings. The van der Waals surface area contributed by atoms with E-state index in [1.165, 1.54) is 0 Å². The van der Waals surface area contributed by atoms with Gasteiger partial charge in [0.2, 0.25) is 5.67 Å². The fraction of sp³-hybridized carbons (Fsp3) is 0.800. The topological polar surface area (TPSA) is 72.6 Å². The van der Waals surface area contributed by atoms with Gasteiger partial charge in [-0.3, -0.25) is 4.79 Å². The third-order valence-electron chi connectivity index (χ3n) is 2.31. The zero-order valence-corrected chi connectivity index (χ0v) is 9.75. The van der Waals surface area contributed by atoms with Gasteiger partial charge >= 0.3 is 6.09 Å². The van der Waals surface area contributed by atoms with Crippen molar-refractivity contribution < 1.29 is 18.7 Å². The van der Waals surface area contributed by atoms with Gasteiger partial charge in [0.1, 0.15) is 5.60 Å². The Kier molecular flexibility index (Phi) is 3.12. The van der Waals surface area contributed by atoms with Crippen molar-refractivity contribution in [2.75, 3.05) is 13.1 Å². The minimum absolute atomic E-state index is 0.0679. The van der Waals surface area contributed by atoms with Gasteiger partial charge in [-0.15, -0.1) is 0 Å². The summed E-state index contributed by atoms with van der Waals surface area (Å²) in [7, 11) is 0. The first-order valence-corrected chi connectivity index (χ1v) is 5.11. The van der Waals surface area contributed by atoms with Gasteiger partial charge in [0.25, 0.3) is 5.91 Å². The molecule has 1 saturated heterocycles. The van der Waals surface area contributed by atoms with Crippen molar-refractivity contribution in [3.05, 3.63) is 0 Å². The van der Waals surface area contributed by atoms with Crippen molar-refractivity contribution in [2.24, 2.45) is 5.73 Å². The summed E-state index contributed by atoms with van der Waals surface area (Å²) in [6.45, 7) is 4.98. The summed E-state index contributed by atoms with van der Waals surface area (Å²) in [6, 6.07) is 0. The smallest absolute Gasteiger partial charge is 0.410 e. The number of primary amides is 1. The lowest BCUT2D eigenvalue weighted by molar-refractivity contribution is -0.128. The molecule has 92 valence electrons. The Morgan fingerprint density at radius 2 is 2.00 bits per heavy atom. The van der Waals surface area contributed by atoms with Gasteiger partial charge < -0.3 is 15.4 Å². The first-order chi connectivity index (χ1) is 7.14. The van der Waals surface area contributed by atoms with E-state index in [-0.39, 0.29) is 19.5 Å². The molecule has 0 aromatic heterocycles. The molecule has 1 unspecified atom stereocenters. The van der Waals surface area contributed by atoms with Crippen LogP contribution in [-0.4, -0.2) is 41.3 Å². The molecule has 0 radical (unpaired) electrons. The second-order valence-electron chi connectivity index (χ2n) is 4.98. The van der Waals surface area contributed by atoms with Gasteiger partial charge in [0.05, 0.1) is 6.54 Å². The average Bonchev–Trinajstić information content (AvgIpc) is 2.46. The molecule has 1 fully saturated rings. The number of halogens is 1. The molecule has 1 heterocycles. The number of carbonyl (C=O) groups excluding carboxylic acids is 2. The van der Waals surface area contributed by atoms with Crippen LogP contribution in [-0.2, 0) is 9.53 Å². The molecule has 16 heavy (non-hydrogen) atoms. The number of likely N-dealkylation sites (tertiary alicyclic amines) is 1. The van der Waals surface area contributed by atoms with Gasteiger partial charge in [-0.2, -0.15) is 0 Å². The summed E-state index contributed by atoms with van der Waals surface area (Å²) in [4.78, 5) is 23.6. The van der Waals surface area contributed by atoms with Crippen LogP contribution in [0, 0.1) is 0 Å². The van der Waals surface area contributed by atoms with E-state index in [0.29, 0.717) is 0 Å². The third-order valence-corrected chi connectivity index (χ3v) is 2.31. The second kappa shape index (κ2) is 3.92. The molecule has 0 saturated carbocycles. The molecule has 0 aliphatic carbocycles. The molecular weight excluding hydrogens is 215 g/mol. The van der Waals surface area contributed by atoms with Gasteiger partial charge in [-0.25, -0.2) is 9.18 Å². The van der Waals surface area contributed by atoms with Gasteiger partial charge in [-0.1, -0.05) is 0 Å². The van der Waals surface area contributed by atoms with E-state index in [1.807, 2.05) is 0 Å². The van der Waals surface area contributed by atoms with Crippen LogP contribution < -0.4 is 5.73 Å². The highest BCUT2D eigenvalue weighted by molar-refractivity contribution is 5.85. The number of nitrogens with two attached hydrogens (primary N) is 1. The second-order valence-corrected chi connectivity index (χ2v) is 4.98. The van der Waals surface area contributed by atoms with Crippen LogP contribution in [0.5, 0.6) is 0 Å². The molecule has 1 atom stereocenters. The Bertz CT molecular complexity index is 314. The van der Waals surface area contributed by atoms with Crippen molar-refractivity contribution in [1.29, 1.82) is 0 Å². The monoisotopic (exact) mass is 232 g/mol. The number of rotatable bonds is 1. The van der Waals surface area contributed by atoms with Crippen LogP contribution in [0.25, 0.3) is 0 Å². The van der Waals surface area contributed by atoms with Crippen molar-refractivity contribution in [3.63, 3.8) is 0 Å². The van der Waals surface area contributed by atoms with Crippen LogP contribution in [0.3, 0.4) is 0 Å². The molecule has 0 aromatic carbocycles. The summed E-state index contributed by atoms with van der Waals surface area (Å²) in [6.07, 6.45) is -0.685. The minimum atomic E-state index is -2.11. The number of amides is 2. The molecule has 0 spiro atoms. The number of hydrogen-bond acceptors (Lipinski definition) is 3. The van der Waals surface area contributed by atoms with Crippen molar-refractivity contribution >= 4 is 12.0 Å². The predicted molar refractivity (Wildman–Crippen MR) is 55.5 cm³/mol. The highest BCUT2D eigenvalue weighted by atomic mass is 19.1.